The number of ether oxygens (including phenoxy) is 3. The zero-order valence-corrected chi connectivity index (χ0v) is 10.9. The first-order chi connectivity index (χ1) is 9.08. The van der Waals surface area contributed by atoms with Crippen molar-refractivity contribution >= 4 is 18.0 Å². The summed E-state index contributed by atoms with van der Waals surface area (Å²) in [5, 5.41) is 0. The standard InChI is InChI=1S/C13H14O6/c1-4-19-13(16)11(15)8-5-9(7-14)12(18-3)10(6-8)17-2/h5-7H,4H2,1-3H3. The lowest BCUT2D eigenvalue weighted by atomic mass is 10.1. The van der Waals surface area contributed by atoms with Gasteiger partial charge in [0.15, 0.2) is 17.8 Å². The summed E-state index contributed by atoms with van der Waals surface area (Å²) in [7, 11) is 2.74. The highest BCUT2D eigenvalue weighted by molar-refractivity contribution is 6.40. The van der Waals surface area contributed by atoms with Gasteiger partial charge >= 0.3 is 5.97 Å². The van der Waals surface area contributed by atoms with E-state index in [1.165, 1.54) is 26.4 Å². The molecule has 0 heterocycles. The van der Waals surface area contributed by atoms with Crippen molar-refractivity contribution in [3.05, 3.63) is 23.3 Å². The van der Waals surface area contributed by atoms with Crippen molar-refractivity contribution in [2.45, 2.75) is 6.92 Å². The minimum atomic E-state index is -0.980. The van der Waals surface area contributed by atoms with E-state index < -0.39 is 11.8 Å². The van der Waals surface area contributed by atoms with Crippen LogP contribution in [0.25, 0.3) is 0 Å². The second-order valence-corrected chi connectivity index (χ2v) is 3.47. The molecule has 0 radical (unpaired) electrons. The SMILES string of the molecule is CCOC(=O)C(=O)c1cc(C=O)c(OC)c(OC)c1. The lowest BCUT2D eigenvalue weighted by molar-refractivity contribution is -0.137. The van der Waals surface area contributed by atoms with Crippen molar-refractivity contribution in [1.82, 2.24) is 0 Å². The molecule has 0 atom stereocenters. The molecule has 1 rings (SSSR count). The topological polar surface area (TPSA) is 78.9 Å². The smallest absolute Gasteiger partial charge is 0.379 e. The molecule has 6 heteroatoms. The van der Waals surface area contributed by atoms with Gasteiger partial charge in [-0.05, 0) is 19.1 Å². The Bertz CT molecular complexity index is 506. The molecule has 0 saturated carbocycles. The van der Waals surface area contributed by atoms with E-state index in [0.717, 1.165) is 0 Å². The Kier molecular flexibility index (Phi) is 5.05. The van der Waals surface area contributed by atoms with E-state index in [-0.39, 0.29) is 29.2 Å². The van der Waals surface area contributed by atoms with E-state index in [1.54, 1.807) is 6.92 Å². The van der Waals surface area contributed by atoms with Crippen LogP contribution in [0.2, 0.25) is 0 Å². The van der Waals surface area contributed by atoms with Crippen LogP contribution in [-0.4, -0.2) is 38.9 Å². The molecule has 1 aromatic carbocycles. The van der Waals surface area contributed by atoms with Crippen LogP contribution in [-0.2, 0) is 9.53 Å². The number of ketones is 1. The van der Waals surface area contributed by atoms with Crippen LogP contribution in [0.4, 0.5) is 0 Å². The Morgan fingerprint density at radius 2 is 1.89 bits per heavy atom. The van der Waals surface area contributed by atoms with Gasteiger partial charge in [0, 0.05) is 5.56 Å². The quantitative estimate of drug-likeness (QED) is 0.334. The van der Waals surface area contributed by atoms with Gasteiger partial charge < -0.3 is 14.2 Å². The highest BCUT2D eigenvalue weighted by Crippen LogP contribution is 2.31. The predicted molar refractivity (Wildman–Crippen MR) is 65.9 cm³/mol. The number of carbonyl (C=O) groups is 3. The predicted octanol–water partition coefficient (Wildman–Crippen LogP) is 1.26. The zero-order valence-electron chi connectivity index (χ0n) is 10.9. The lowest BCUT2D eigenvalue weighted by Gasteiger charge is -2.11. The van der Waals surface area contributed by atoms with Gasteiger partial charge in [-0.15, -0.1) is 0 Å². The molecule has 19 heavy (non-hydrogen) atoms. The Morgan fingerprint density at radius 1 is 1.21 bits per heavy atom. The first kappa shape index (κ1) is 14.7. The molecule has 0 bridgehead atoms. The summed E-state index contributed by atoms with van der Waals surface area (Å²) in [4.78, 5) is 34.1. The number of hydrogen-bond acceptors (Lipinski definition) is 6. The van der Waals surface area contributed by atoms with E-state index in [2.05, 4.69) is 4.74 Å². The molecule has 0 aliphatic heterocycles. The fourth-order valence-electron chi connectivity index (χ4n) is 1.53. The normalized spacial score (nSPS) is 9.63. The minimum absolute atomic E-state index is 0.0122. The molecule has 0 aromatic heterocycles. The van der Waals surface area contributed by atoms with Gasteiger partial charge in [-0.1, -0.05) is 0 Å². The fraction of sp³-hybridized carbons (Fsp3) is 0.308. The number of rotatable bonds is 6. The Balaban J connectivity index is 3.26. The number of benzene rings is 1. The molecule has 0 spiro atoms. The third-order valence-corrected chi connectivity index (χ3v) is 2.36. The highest BCUT2D eigenvalue weighted by atomic mass is 16.5. The van der Waals surface area contributed by atoms with E-state index in [4.69, 9.17) is 9.47 Å². The number of Topliss-reactive ketones (excluding diaryl/α,β-unsaturated/α-hetero) is 1. The second-order valence-electron chi connectivity index (χ2n) is 3.47. The summed E-state index contributed by atoms with van der Waals surface area (Å²) in [6.45, 7) is 1.69. The van der Waals surface area contributed by atoms with Crippen LogP contribution < -0.4 is 9.47 Å². The van der Waals surface area contributed by atoms with E-state index in [1.807, 2.05) is 0 Å². The number of methoxy groups -OCH3 is 2. The average molecular weight is 266 g/mol. The zero-order chi connectivity index (χ0) is 14.4. The molecule has 0 amide bonds. The number of carbonyl (C=O) groups excluding carboxylic acids is 3. The number of aldehydes is 1. The largest absolute Gasteiger partial charge is 0.493 e. The van der Waals surface area contributed by atoms with Crippen LogP contribution >= 0.6 is 0 Å². The van der Waals surface area contributed by atoms with E-state index >= 15 is 0 Å². The summed E-state index contributed by atoms with van der Waals surface area (Å²) >= 11 is 0. The summed E-state index contributed by atoms with van der Waals surface area (Å²) < 4.78 is 14.7. The second kappa shape index (κ2) is 6.53. The van der Waals surface area contributed by atoms with Crippen molar-refractivity contribution in [3.8, 4) is 11.5 Å². The molecule has 0 fully saturated rings. The van der Waals surface area contributed by atoms with Gasteiger partial charge in [0.1, 0.15) is 0 Å². The summed E-state index contributed by atoms with van der Waals surface area (Å²) in [6.07, 6.45) is 0.517. The van der Waals surface area contributed by atoms with Crippen molar-refractivity contribution in [3.63, 3.8) is 0 Å². The van der Waals surface area contributed by atoms with Crippen LogP contribution in [0.5, 0.6) is 11.5 Å². The number of hydrogen-bond donors (Lipinski definition) is 0. The molecule has 102 valence electrons. The molecule has 0 aliphatic carbocycles. The highest BCUT2D eigenvalue weighted by Gasteiger charge is 2.21. The number of esters is 1. The average Bonchev–Trinajstić information content (AvgIpc) is 2.44. The molecule has 0 aliphatic rings. The van der Waals surface area contributed by atoms with Crippen molar-refractivity contribution < 1.29 is 28.6 Å². The van der Waals surface area contributed by atoms with Crippen LogP contribution in [0.3, 0.4) is 0 Å². The molecular formula is C13H14O6. The van der Waals surface area contributed by atoms with Gasteiger partial charge in [-0.3, -0.25) is 9.59 Å². The summed E-state index contributed by atoms with van der Waals surface area (Å²) in [5.74, 6) is -1.42. The fourth-order valence-corrected chi connectivity index (χ4v) is 1.53. The Morgan fingerprint density at radius 3 is 2.37 bits per heavy atom. The molecule has 6 nitrogen and oxygen atoms in total. The third kappa shape index (κ3) is 3.09. The molecular weight excluding hydrogens is 252 g/mol. The monoisotopic (exact) mass is 266 g/mol. The Labute approximate surface area is 110 Å². The van der Waals surface area contributed by atoms with E-state index in [9.17, 15) is 14.4 Å². The van der Waals surface area contributed by atoms with E-state index in [0.29, 0.717) is 6.29 Å². The van der Waals surface area contributed by atoms with Crippen molar-refractivity contribution in [1.29, 1.82) is 0 Å². The van der Waals surface area contributed by atoms with Gasteiger partial charge in [-0.25, -0.2) is 4.79 Å². The summed E-state index contributed by atoms with van der Waals surface area (Å²) in [6, 6.07) is 2.58. The maximum Gasteiger partial charge on any atom is 0.379 e. The molecule has 0 saturated heterocycles. The van der Waals surface area contributed by atoms with Crippen LogP contribution in [0.1, 0.15) is 27.6 Å². The molecule has 0 unspecified atom stereocenters. The first-order valence-electron chi connectivity index (χ1n) is 5.51. The summed E-state index contributed by atoms with van der Waals surface area (Å²) in [5.41, 5.74) is 0.132. The third-order valence-electron chi connectivity index (χ3n) is 2.36. The van der Waals surface area contributed by atoms with Crippen LogP contribution in [0.15, 0.2) is 12.1 Å². The van der Waals surface area contributed by atoms with Crippen LogP contribution in [0, 0.1) is 0 Å². The molecule has 1 aromatic rings. The van der Waals surface area contributed by atoms with Crippen molar-refractivity contribution in [2.24, 2.45) is 0 Å². The van der Waals surface area contributed by atoms with Gasteiger partial charge in [0.2, 0.25) is 0 Å². The minimum Gasteiger partial charge on any atom is -0.493 e. The van der Waals surface area contributed by atoms with Gasteiger partial charge in [0.25, 0.3) is 5.78 Å². The maximum atomic E-state index is 11.8. The van der Waals surface area contributed by atoms with Gasteiger partial charge in [0.05, 0.1) is 26.4 Å². The Hall–Kier alpha value is -2.37. The maximum absolute atomic E-state index is 11.8. The first-order valence-corrected chi connectivity index (χ1v) is 5.51. The lowest BCUT2D eigenvalue weighted by Crippen LogP contribution is -2.18. The van der Waals surface area contributed by atoms with Crippen molar-refractivity contribution in [2.75, 3.05) is 20.8 Å². The molecule has 0 N–H and O–H groups in total. The van der Waals surface area contributed by atoms with Gasteiger partial charge in [-0.2, -0.15) is 0 Å².